The number of anilines is 1. The molecule has 1 atom stereocenters. The Balaban J connectivity index is 1.63. The van der Waals surface area contributed by atoms with Gasteiger partial charge < -0.3 is 5.32 Å². The zero-order chi connectivity index (χ0) is 24.5. The summed E-state index contributed by atoms with van der Waals surface area (Å²) in [7, 11) is -0.751. The summed E-state index contributed by atoms with van der Waals surface area (Å²) in [6.07, 6.45) is 0.130. The standard InChI is InChI=1S/C25H23N3O5S/c1-27(2)34(32,33)19-14-12-18(13-15-19)26-23(29)22(16-17-8-4-3-5-9-17)28-24(30)20-10-6-7-11-21(20)25(28)31/h3-15,22H,16H2,1-2H3,(H,26,29)/t22-/m0/s1. The van der Waals surface area contributed by atoms with Gasteiger partial charge in [0.2, 0.25) is 15.9 Å². The zero-order valence-corrected chi connectivity index (χ0v) is 19.5. The third-order valence-corrected chi connectivity index (χ3v) is 7.44. The number of nitrogens with zero attached hydrogens (tertiary/aromatic N) is 2. The largest absolute Gasteiger partial charge is 0.324 e. The zero-order valence-electron chi connectivity index (χ0n) is 18.6. The highest BCUT2D eigenvalue weighted by Gasteiger charge is 2.42. The molecule has 0 fully saturated rings. The van der Waals surface area contributed by atoms with Crippen molar-refractivity contribution in [2.45, 2.75) is 17.4 Å². The molecule has 3 amide bonds. The quantitative estimate of drug-likeness (QED) is 0.527. The van der Waals surface area contributed by atoms with Crippen LogP contribution in [-0.2, 0) is 21.2 Å². The fourth-order valence-electron chi connectivity index (χ4n) is 3.78. The van der Waals surface area contributed by atoms with Crippen LogP contribution >= 0.6 is 0 Å². The SMILES string of the molecule is CN(C)S(=O)(=O)c1ccc(NC(=O)[C@H](Cc2ccccc2)N2C(=O)c3ccccc3C2=O)cc1. The van der Waals surface area contributed by atoms with Gasteiger partial charge in [-0.1, -0.05) is 42.5 Å². The number of carbonyl (C=O) groups is 3. The molecule has 174 valence electrons. The first-order valence-electron chi connectivity index (χ1n) is 10.5. The van der Waals surface area contributed by atoms with Crippen LogP contribution in [0.4, 0.5) is 5.69 Å². The number of sulfonamides is 1. The number of imide groups is 1. The topological polar surface area (TPSA) is 104 Å². The molecule has 0 saturated heterocycles. The van der Waals surface area contributed by atoms with Gasteiger partial charge in [0, 0.05) is 26.2 Å². The predicted molar refractivity (Wildman–Crippen MR) is 127 cm³/mol. The summed E-state index contributed by atoms with van der Waals surface area (Å²) in [4.78, 5) is 40.6. The van der Waals surface area contributed by atoms with E-state index in [0.717, 1.165) is 14.8 Å². The van der Waals surface area contributed by atoms with Crippen molar-refractivity contribution in [1.29, 1.82) is 0 Å². The molecule has 1 heterocycles. The molecule has 0 saturated carbocycles. The molecule has 0 bridgehead atoms. The second-order valence-corrected chi connectivity index (χ2v) is 10.2. The Labute approximate surface area is 197 Å². The Morgan fingerprint density at radius 3 is 1.91 bits per heavy atom. The Hall–Kier alpha value is -3.82. The molecule has 1 aliphatic heterocycles. The fraction of sp³-hybridized carbons (Fsp3) is 0.160. The molecule has 0 spiro atoms. The lowest BCUT2D eigenvalue weighted by Gasteiger charge is -2.25. The van der Waals surface area contributed by atoms with Gasteiger partial charge in [-0.3, -0.25) is 19.3 Å². The van der Waals surface area contributed by atoms with E-state index in [1.165, 1.54) is 38.4 Å². The van der Waals surface area contributed by atoms with Gasteiger partial charge in [-0.15, -0.1) is 0 Å². The number of carbonyl (C=O) groups excluding carboxylic acids is 3. The molecule has 0 unspecified atom stereocenters. The first-order chi connectivity index (χ1) is 16.2. The molecule has 9 heteroatoms. The van der Waals surface area contributed by atoms with E-state index in [1.807, 2.05) is 30.3 Å². The fourth-order valence-corrected chi connectivity index (χ4v) is 4.68. The van der Waals surface area contributed by atoms with Crippen molar-refractivity contribution in [3.63, 3.8) is 0 Å². The molecule has 1 N–H and O–H groups in total. The summed E-state index contributed by atoms with van der Waals surface area (Å²) in [5.41, 5.74) is 1.65. The van der Waals surface area contributed by atoms with Crippen LogP contribution in [0.15, 0.2) is 83.8 Å². The lowest BCUT2D eigenvalue weighted by Crippen LogP contribution is -2.48. The number of rotatable bonds is 7. The molecule has 3 aromatic rings. The molecule has 0 aliphatic carbocycles. The highest BCUT2D eigenvalue weighted by molar-refractivity contribution is 7.89. The Bertz CT molecular complexity index is 1320. The molecule has 34 heavy (non-hydrogen) atoms. The van der Waals surface area contributed by atoms with Gasteiger partial charge in [-0.05, 0) is 42.0 Å². The molecular weight excluding hydrogens is 454 g/mol. The van der Waals surface area contributed by atoms with Crippen LogP contribution in [0.1, 0.15) is 26.3 Å². The molecule has 0 radical (unpaired) electrons. The van der Waals surface area contributed by atoms with E-state index in [1.54, 1.807) is 24.3 Å². The monoisotopic (exact) mass is 477 g/mol. The van der Waals surface area contributed by atoms with Crippen LogP contribution in [0.5, 0.6) is 0 Å². The number of hydrogen-bond acceptors (Lipinski definition) is 5. The van der Waals surface area contributed by atoms with E-state index in [2.05, 4.69) is 5.32 Å². The third-order valence-electron chi connectivity index (χ3n) is 5.61. The summed E-state index contributed by atoms with van der Waals surface area (Å²) < 4.78 is 25.7. The summed E-state index contributed by atoms with van der Waals surface area (Å²) in [5.74, 6) is -1.60. The molecule has 1 aliphatic rings. The number of benzene rings is 3. The van der Waals surface area contributed by atoms with Crippen molar-refractivity contribution in [2.75, 3.05) is 19.4 Å². The van der Waals surface area contributed by atoms with Crippen molar-refractivity contribution in [3.05, 3.63) is 95.6 Å². The maximum absolute atomic E-state index is 13.4. The Morgan fingerprint density at radius 2 is 1.38 bits per heavy atom. The van der Waals surface area contributed by atoms with E-state index < -0.39 is 33.8 Å². The van der Waals surface area contributed by atoms with Crippen LogP contribution in [0, 0.1) is 0 Å². The normalized spacial score (nSPS) is 14.3. The summed E-state index contributed by atoms with van der Waals surface area (Å²) >= 11 is 0. The molecular formula is C25H23N3O5S. The highest BCUT2D eigenvalue weighted by Crippen LogP contribution is 2.27. The van der Waals surface area contributed by atoms with Gasteiger partial charge in [0.15, 0.2) is 0 Å². The van der Waals surface area contributed by atoms with Crippen LogP contribution in [-0.4, -0.2) is 55.5 Å². The van der Waals surface area contributed by atoms with E-state index in [-0.39, 0.29) is 22.4 Å². The molecule has 4 rings (SSSR count). The summed E-state index contributed by atoms with van der Waals surface area (Å²) in [6.45, 7) is 0. The third kappa shape index (κ3) is 4.35. The Kier molecular flexibility index (Phi) is 6.32. The van der Waals surface area contributed by atoms with Crippen molar-refractivity contribution in [2.24, 2.45) is 0 Å². The van der Waals surface area contributed by atoms with Crippen molar-refractivity contribution in [3.8, 4) is 0 Å². The van der Waals surface area contributed by atoms with Crippen LogP contribution < -0.4 is 5.32 Å². The maximum atomic E-state index is 13.4. The predicted octanol–water partition coefficient (Wildman–Crippen LogP) is 2.78. The van der Waals surface area contributed by atoms with Crippen molar-refractivity contribution < 1.29 is 22.8 Å². The summed E-state index contributed by atoms with van der Waals surface area (Å²) in [6, 6.07) is 20.2. The minimum Gasteiger partial charge on any atom is -0.324 e. The first-order valence-corrected chi connectivity index (χ1v) is 12.0. The smallest absolute Gasteiger partial charge is 0.262 e. The number of hydrogen-bond donors (Lipinski definition) is 1. The van der Waals surface area contributed by atoms with Crippen LogP contribution in [0.3, 0.4) is 0 Å². The molecule has 3 aromatic carbocycles. The van der Waals surface area contributed by atoms with Gasteiger partial charge in [-0.2, -0.15) is 0 Å². The van der Waals surface area contributed by atoms with Gasteiger partial charge in [0.05, 0.1) is 16.0 Å². The van der Waals surface area contributed by atoms with Crippen LogP contribution in [0.2, 0.25) is 0 Å². The van der Waals surface area contributed by atoms with Gasteiger partial charge in [0.25, 0.3) is 11.8 Å². The van der Waals surface area contributed by atoms with E-state index in [0.29, 0.717) is 5.69 Å². The highest BCUT2D eigenvalue weighted by atomic mass is 32.2. The number of nitrogens with one attached hydrogen (secondary N) is 1. The second-order valence-electron chi connectivity index (χ2n) is 8.03. The maximum Gasteiger partial charge on any atom is 0.262 e. The number of amides is 3. The van der Waals surface area contributed by atoms with E-state index in [9.17, 15) is 22.8 Å². The van der Waals surface area contributed by atoms with Crippen LogP contribution in [0.25, 0.3) is 0 Å². The van der Waals surface area contributed by atoms with Gasteiger partial charge >= 0.3 is 0 Å². The van der Waals surface area contributed by atoms with Gasteiger partial charge in [-0.25, -0.2) is 12.7 Å². The van der Waals surface area contributed by atoms with Crippen molar-refractivity contribution in [1.82, 2.24) is 9.21 Å². The molecule has 8 nitrogen and oxygen atoms in total. The lowest BCUT2D eigenvalue weighted by atomic mass is 10.0. The lowest BCUT2D eigenvalue weighted by molar-refractivity contribution is -0.119. The average Bonchev–Trinajstić information content (AvgIpc) is 3.08. The summed E-state index contributed by atoms with van der Waals surface area (Å²) in [5, 5.41) is 2.72. The van der Waals surface area contributed by atoms with Crippen molar-refractivity contribution >= 4 is 33.4 Å². The van der Waals surface area contributed by atoms with E-state index >= 15 is 0 Å². The average molecular weight is 478 g/mol. The van der Waals surface area contributed by atoms with Gasteiger partial charge in [0.1, 0.15) is 6.04 Å². The minimum absolute atomic E-state index is 0.0803. The first kappa shape index (κ1) is 23.3. The Morgan fingerprint density at radius 1 is 0.853 bits per heavy atom. The van der Waals surface area contributed by atoms with E-state index in [4.69, 9.17) is 0 Å². The minimum atomic E-state index is -3.61. The number of fused-ring (bicyclic) bond motifs is 1. The molecule has 0 aromatic heterocycles. The second kappa shape index (κ2) is 9.20.